The van der Waals surface area contributed by atoms with Crippen molar-refractivity contribution in [3.05, 3.63) is 94.5 Å². The van der Waals surface area contributed by atoms with Gasteiger partial charge in [-0.15, -0.1) is 0 Å². The van der Waals surface area contributed by atoms with E-state index in [-0.39, 0.29) is 36.0 Å². The molecule has 8 nitrogen and oxygen atoms in total. The lowest BCUT2D eigenvalue weighted by atomic mass is 10.2. The second-order valence-electron chi connectivity index (χ2n) is 8.66. The largest absolute Gasteiger partial charge is 0.354 e. The Balaban J connectivity index is 1.49. The third-order valence-corrected chi connectivity index (χ3v) is 11.7. The highest BCUT2D eigenvalue weighted by atomic mass is 35.5. The normalized spacial score (nSPS) is 17.1. The van der Waals surface area contributed by atoms with Gasteiger partial charge in [-0.3, -0.25) is 4.79 Å². The molecule has 13 heteroatoms. The molecule has 0 aromatic heterocycles. The fraction of sp³-hybridized carbons (Fsp3) is 0.269. The zero-order chi connectivity index (χ0) is 28.0. The van der Waals surface area contributed by atoms with Gasteiger partial charge in [-0.05, 0) is 42.0 Å². The first kappa shape index (κ1) is 29.9. The lowest BCUT2D eigenvalue weighted by molar-refractivity contribution is -0.125. The van der Waals surface area contributed by atoms with Crippen LogP contribution in [0.3, 0.4) is 0 Å². The van der Waals surface area contributed by atoms with Gasteiger partial charge in [0.2, 0.25) is 26.0 Å². The molecule has 208 valence electrons. The van der Waals surface area contributed by atoms with Crippen LogP contribution in [0.1, 0.15) is 5.56 Å². The highest BCUT2D eigenvalue weighted by Gasteiger charge is 2.43. The van der Waals surface area contributed by atoms with Gasteiger partial charge in [-0.2, -0.15) is 20.4 Å². The van der Waals surface area contributed by atoms with Crippen LogP contribution in [-0.4, -0.2) is 69.3 Å². The van der Waals surface area contributed by atoms with Crippen LogP contribution in [0.5, 0.6) is 0 Å². The van der Waals surface area contributed by atoms with E-state index in [4.69, 9.17) is 23.2 Å². The molecule has 1 aliphatic heterocycles. The topological polar surface area (TPSA) is 104 Å². The molecule has 1 amide bonds. The van der Waals surface area contributed by atoms with Crippen LogP contribution in [0.25, 0.3) is 0 Å². The van der Waals surface area contributed by atoms with Crippen LogP contribution in [-0.2, 0) is 30.6 Å². The quantitative estimate of drug-likeness (QED) is 0.339. The van der Waals surface area contributed by atoms with E-state index in [0.717, 1.165) is 14.2 Å². The molecular weight excluding hydrogens is 601 g/mol. The second-order valence-corrected chi connectivity index (χ2v) is 14.4. The first-order valence-electron chi connectivity index (χ1n) is 12.0. The molecule has 0 radical (unpaired) electrons. The van der Waals surface area contributed by atoms with Gasteiger partial charge in [0.25, 0.3) is 0 Å². The summed E-state index contributed by atoms with van der Waals surface area (Å²) in [6.07, 6.45) is 0. The van der Waals surface area contributed by atoms with E-state index in [1.165, 1.54) is 36.0 Å². The summed E-state index contributed by atoms with van der Waals surface area (Å²) < 4.78 is 55.7. The molecule has 0 spiro atoms. The fourth-order valence-electron chi connectivity index (χ4n) is 4.14. The highest BCUT2D eigenvalue weighted by molar-refractivity contribution is 7.98. The number of sulfonamides is 2. The Morgan fingerprint density at radius 2 is 1.38 bits per heavy atom. The van der Waals surface area contributed by atoms with Crippen molar-refractivity contribution in [2.24, 2.45) is 0 Å². The zero-order valence-electron chi connectivity index (χ0n) is 20.7. The Hall–Kier alpha value is -2.12. The summed E-state index contributed by atoms with van der Waals surface area (Å²) in [7, 11) is -7.98. The number of amides is 1. The van der Waals surface area contributed by atoms with E-state index in [1.807, 2.05) is 0 Å². The fourth-order valence-corrected chi connectivity index (χ4v) is 8.78. The van der Waals surface area contributed by atoms with Gasteiger partial charge >= 0.3 is 0 Å². The molecule has 4 rings (SSSR count). The van der Waals surface area contributed by atoms with E-state index in [2.05, 4.69) is 5.32 Å². The molecule has 1 N–H and O–H groups in total. The molecule has 39 heavy (non-hydrogen) atoms. The van der Waals surface area contributed by atoms with Crippen molar-refractivity contribution < 1.29 is 21.6 Å². The predicted octanol–water partition coefficient (Wildman–Crippen LogP) is 4.11. The molecule has 0 bridgehead atoms. The van der Waals surface area contributed by atoms with Gasteiger partial charge < -0.3 is 5.32 Å². The Kier molecular flexibility index (Phi) is 9.97. The number of rotatable bonds is 10. The Morgan fingerprint density at radius 1 is 0.821 bits per heavy atom. The molecule has 1 saturated heterocycles. The SMILES string of the molecule is O=C(NCCSCc1c(Cl)cccc1Cl)[C@H]1CN(S(=O)(=O)c2ccccc2)CCN1S(=O)(=O)c1ccccc1. The smallest absolute Gasteiger partial charge is 0.243 e. The van der Waals surface area contributed by atoms with Gasteiger partial charge in [0.1, 0.15) is 6.04 Å². The summed E-state index contributed by atoms with van der Waals surface area (Å²) >= 11 is 13.9. The van der Waals surface area contributed by atoms with Crippen molar-refractivity contribution in [2.45, 2.75) is 21.6 Å². The minimum Gasteiger partial charge on any atom is -0.354 e. The van der Waals surface area contributed by atoms with Crippen LogP contribution < -0.4 is 5.32 Å². The first-order valence-corrected chi connectivity index (χ1v) is 16.8. The number of thioether (sulfide) groups is 1. The van der Waals surface area contributed by atoms with E-state index in [1.54, 1.807) is 54.6 Å². The van der Waals surface area contributed by atoms with E-state index in [9.17, 15) is 21.6 Å². The minimum absolute atomic E-state index is 0.0364. The van der Waals surface area contributed by atoms with Gasteiger partial charge in [-0.25, -0.2) is 16.8 Å². The van der Waals surface area contributed by atoms with Crippen molar-refractivity contribution in [2.75, 3.05) is 31.9 Å². The molecule has 1 atom stereocenters. The molecular formula is C26H27Cl2N3O5S3. The maximum absolute atomic E-state index is 13.5. The van der Waals surface area contributed by atoms with Crippen LogP contribution in [0, 0.1) is 0 Å². The summed E-state index contributed by atoms with van der Waals surface area (Å²) in [5, 5.41) is 3.90. The predicted molar refractivity (Wildman–Crippen MR) is 155 cm³/mol. The lowest BCUT2D eigenvalue weighted by Crippen LogP contribution is -2.61. The summed E-state index contributed by atoms with van der Waals surface area (Å²) in [5.74, 6) is 0.478. The maximum Gasteiger partial charge on any atom is 0.243 e. The third kappa shape index (κ3) is 6.97. The van der Waals surface area contributed by atoms with Crippen LogP contribution >= 0.6 is 35.0 Å². The minimum atomic E-state index is -4.05. The van der Waals surface area contributed by atoms with Gasteiger partial charge in [0, 0.05) is 47.7 Å². The number of carbonyl (C=O) groups is 1. The number of piperazine rings is 1. The highest BCUT2D eigenvalue weighted by Crippen LogP contribution is 2.28. The van der Waals surface area contributed by atoms with Crippen LogP contribution in [0.2, 0.25) is 10.0 Å². The molecule has 1 heterocycles. The molecule has 0 aliphatic carbocycles. The van der Waals surface area contributed by atoms with Crippen LogP contribution in [0.15, 0.2) is 88.7 Å². The van der Waals surface area contributed by atoms with Crippen molar-refractivity contribution in [1.82, 2.24) is 13.9 Å². The lowest BCUT2D eigenvalue weighted by Gasteiger charge is -2.38. The number of hydrogen-bond donors (Lipinski definition) is 1. The molecule has 1 aliphatic rings. The van der Waals surface area contributed by atoms with E-state index < -0.39 is 32.0 Å². The van der Waals surface area contributed by atoms with Crippen molar-refractivity contribution >= 4 is 60.9 Å². The van der Waals surface area contributed by atoms with Crippen molar-refractivity contribution in [3.63, 3.8) is 0 Å². The number of hydrogen-bond acceptors (Lipinski definition) is 6. The number of benzene rings is 3. The number of nitrogens with one attached hydrogen (secondary N) is 1. The van der Waals surface area contributed by atoms with E-state index >= 15 is 0 Å². The average Bonchev–Trinajstić information content (AvgIpc) is 2.94. The van der Waals surface area contributed by atoms with Gasteiger partial charge in [0.15, 0.2) is 0 Å². The standard InChI is InChI=1S/C26H27Cl2N3O5S3/c27-23-12-7-13-24(28)22(23)19-37-17-14-29-26(32)25-18-30(38(33,34)20-8-3-1-4-9-20)15-16-31(25)39(35,36)21-10-5-2-6-11-21/h1-13,25H,14-19H2,(H,29,32)/t25-/m1/s1. The first-order chi connectivity index (χ1) is 18.6. The molecule has 1 fully saturated rings. The van der Waals surface area contributed by atoms with Crippen LogP contribution in [0.4, 0.5) is 0 Å². The number of carbonyl (C=O) groups excluding carboxylic acids is 1. The monoisotopic (exact) mass is 627 g/mol. The summed E-state index contributed by atoms with van der Waals surface area (Å²) in [6.45, 7) is -0.313. The average molecular weight is 629 g/mol. The summed E-state index contributed by atoms with van der Waals surface area (Å²) in [5.41, 5.74) is 0.798. The van der Waals surface area contributed by atoms with Crippen molar-refractivity contribution in [3.8, 4) is 0 Å². The maximum atomic E-state index is 13.5. The molecule has 3 aromatic carbocycles. The summed E-state index contributed by atoms with van der Waals surface area (Å²) in [4.78, 5) is 13.5. The second kappa shape index (κ2) is 13.0. The van der Waals surface area contributed by atoms with Crippen molar-refractivity contribution in [1.29, 1.82) is 0 Å². The van der Waals surface area contributed by atoms with E-state index in [0.29, 0.717) is 21.6 Å². The third-order valence-electron chi connectivity index (χ3n) is 6.18. The Labute approximate surface area is 243 Å². The Morgan fingerprint density at radius 3 is 1.97 bits per heavy atom. The summed E-state index contributed by atoms with van der Waals surface area (Å²) in [6, 6.07) is 19.7. The van der Waals surface area contributed by atoms with Gasteiger partial charge in [0.05, 0.1) is 9.79 Å². The zero-order valence-corrected chi connectivity index (χ0v) is 24.7. The van der Waals surface area contributed by atoms with Gasteiger partial charge in [-0.1, -0.05) is 65.7 Å². The number of nitrogens with zero attached hydrogens (tertiary/aromatic N) is 2. The molecule has 3 aromatic rings. The molecule has 0 unspecified atom stereocenters. The Bertz CT molecular complexity index is 1490. The number of halogens is 2. The molecule has 0 saturated carbocycles.